The molecule has 6 nitrogen and oxygen atoms in total. The van der Waals surface area contributed by atoms with Crippen molar-refractivity contribution in [3.05, 3.63) is 53.0 Å². The smallest absolute Gasteiger partial charge is 0.261 e. The fraction of sp³-hybridized carbons (Fsp3) is 0.278. The molecule has 26 heavy (non-hydrogen) atoms. The van der Waals surface area contributed by atoms with E-state index in [2.05, 4.69) is 26.0 Å². The number of rotatable bonds is 6. The molecule has 0 bridgehead atoms. The van der Waals surface area contributed by atoms with Gasteiger partial charge in [0.1, 0.15) is 5.75 Å². The lowest BCUT2D eigenvalue weighted by Crippen LogP contribution is -2.43. The first-order chi connectivity index (χ1) is 12.0. The van der Waals surface area contributed by atoms with Gasteiger partial charge in [-0.1, -0.05) is 15.9 Å². The van der Waals surface area contributed by atoms with E-state index in [-0.39, 0.29) is 22.9 Å². The van der Waals surface area contributed by atoms with Crippen molar-refractivity contribution in [3.63, 3.8) is 0 Å². The summed E-state index contributed by atoms with van der Waals surface area (Å²) >= 11 is 3.30. The van der Waals surface area contributed by atoms with Crippen molar-refractivity contribution in [1.29, 1.82) is 0 Å². The Hall–Kier alpha value is -2.06. The van der Waals surface area contributed by atoms with Gasteiger partial charge < -0.3 is 10.1 Å². The molecule has 2 aromatic rings. The molecular weight excluding hydrogens is 420 g/mol. The molecule has 0 aliphatic rings. The minimum absolute atomic E-state index is 0.104. The van der Waals surface area contributed by atoms with Gasteiger partial charge in [-0.15, -0.1) is 0 Å². The zero-order valence-electron chi connectivity index (χ0n) is 14.7. The van der Waals surface area contributed by atoms with E-state index in [1.807, 2.05) is 20.8 Å². The predicted octanol–water partition coefficient (Wildman–Crippen LogP) is 3.54. The zero-order valence-corrected chi connectivity index (χ0v) is 17.1. The van der Waals surface area contributed by atoms with E-state index in [0.717, 1.165) is 4.47 Å². The molecule has 0 aliphatic heterocycles. The number of hydrogen-bond acceptors (Lipinski definition) is 4. The van der Waals surface area contributed by atoms with E-state index in [1.54, 1.807) is 24.3 Å². The van der Waals surface area contributed by atoms with Gasteiger partial charge in [0.05, 0.1) is 4.90 Å². The molecule has 0 heterocycles. The molecule has 2 aromatic carbocycles. The van der Waals surface area contributed by atoms with Crippen molar-refractivity contribution in [2.24, 2.45) is 0 Å². The maximum atomic E-state index is 12.4. The van der Waals surface area contributed by atoms with Crippen LogP contribution in [0.3, 0.4) is 0 Å². The van der Waals surface area contributed by atoms with Crippen LogP contribution in [0.5, 0.6) is 5.75 Å². The highest BCUT2D eigenvalue weighted by Gasteiger charge is 2.16. The second kappa shape index (κ2) is 8.09. The summed E-state index contributed by atoms with van der Waals surface area (Å²) < 4.78 is 33.5. The van der Waals surface area contributed by atoms with Gasteiger partial charge in [0.2, 0.25) is 0 Å². The Kier molecular flexibility index (Phi) is 6.30. The summed E-state index contributed by atoms with van der Waals surface area (Å²) in [5.41, 5.74) is 0.129. The van der Waals surface area contributed by atoms with Gasteiger partial charge in [-0.2, -0.15) is 0 Å². The summed E-state index contributed by atoms with van der Waals surface area (Å²) in [4.78, 5) is 11.8. The number of anilines is 1. The Morgan fingerprint density at radius 2 is 1.62 bits per heavy atom. The van der Waals surface area contributed by atoms with E-state index in [9.17, 15) is 13.2 Å². The van der Waals surface area contributed by atoms with Crippen LogP contribution >= 0.6 is 15.9 Å². The molecule has 2 rings (SSSR count). The molecule has 0 atom stereocenters. The molecular formula is C18H21BrN2O4S. The Morgan fingerprint density at radius 3 is 2.15 bits per heavy atom. The summed E-state index contributed by atoms with van der Waals surface area (Å²) in [6, 6.07) is 12.7. The van der Waals surface area contributed by atoms with Crippen LogP contribution in [-0.2, 0) is 14.8 Å². The van der Waals surface area contributed by atoms with Crippen LogP contribution in [0.1, 0.15) is 20.8 Å². The molecule has 8 heteroatoms. The maximum absolute atomic E-state index is 12.4. The highest BCUT2D eigenvalue weighted by Crippen LogP contribution is 2.20. The van der Waals surface area contributed by atoms with Crippen molar-refractivity contribution in [2.45, 2.75) is 31.2 Å². The second-order valence-corrected chi connectivity index (χ2v) is 9.27. The fourth-order valence-electron chi connectivity index (χ4n) is 2.05. The number of benzene rings is 2. The number of sulfonamides is 1. The first-order valence-electron chi connectivity index (χ1n) is 7.87. The number of amides is 1. The van der Waals surface area contributed by atoms with Gasteiger partial charge in [0, 0.05) is 15.7 Å². The number of ether oxygens (including phenoxy) is 1. The SMILES string of the molecule is CC(C)(C)NC(=O)COc1ccc(S(=O)(=O)Nc2ccc(Br)cc2)cc1. The number of carbonyl (C=O) groups is 1. The lowest BCUT2D eigenvalue weighted by atomic mass is 10.1. The van der Waals surface area contributed by atoms with Crippen LogP contribution < -0.4 is 14.8 Å². The predicted molar refractivity (Wildman–Crippen MR) is 105 cm³/mol. The minimum Gasteiger partial charge on any atom is -0.484 e. The van der Waals surface area contributed by atoms with Crippen molar-refractivity contribution in [1.82, 2.24) is 5.32 Å². The lowest BCUT2D eigenvalue weighted by Gasteiger charge is -2.20. The lowest BCUT2D eigenvalue weighted by molar-refractivity contribution is -0.124. The van der Waals surface area contributed by atoms with Crippen LogP contribution in [0.2, 0.25) is 0 Å². The summed E-state index contributed by atoms with van der Waals surface area (Å²) in [6.45, 7) is 5.50. The van der Waals surface area contributed by atoms with E-state index in [0.29, 0.717) is 11.4 Å². The molecule has 0 aliphatic carbocycles. The molecule has 0 saturated heterocycles. The molecule has 0 unspecified atom stereocenters. The maximum Gasteiger partial charge on any atom is 0.261 e. The molecule has 0 aromatic heterocycles. The molecule has 140 valence electrons. The third kappa shape index (κ3) is 6.34. The van der Waals surface area contributed by atoms with Gasteiger partial charge in [-0.25, -0.2) is 8.42 Å². The third-order valence-electron chi connectivity index (χ3n) is 3.11. The number of halogens is 1. The number of nitrogens with one attached hydrogen (secondary N) is 2. The summed E-state index contributed by atoms with van der Waals surface area (Å²) in [7, 11) is -3.70. The van der Waals surface area contributed by atoms with Crippen molar-refractivity contribution >= 4 is 37.5 Å². The van der Waals surface area contributed by atoms with Crippen LogP contribution in [0.25, 0.3) is 0 Å². The van der Waals surface area contributed by atoms with Gasteiger partial charge in [0.25, 0.3) is 15.9 Å². The van der Waals surface area contributed by atoms with E-state index in [4.69, 9.17) is 4.74 Å². The van der Waals surface area contributed by atoms with Gasteiger partial charge in [0.15, 0.2) is 6.61 Å². The Bertz CT molecular complexity index is 858. The van der Waals surface area contributed by atoms with Crippen molar-refractivity contribution in [2.75, 3.05) is 11.3 Å². The van der Waals surface area contributed by atoms with E-state index < -0.39 is 10.0 Å². The van der Waals surface area contributed by atoms with Crippen molar-refractivity contribution < 1.29 is 17.9 Å². The molecule has 1 amide bonds. The van der Waals surface area contributed by atoms with Gasteiger partial charge >= 0.3 is 0 Å². The largest absolute Gasteiger partial charge is 0.484 e. The van der Waals surface area contributed by atoms with Crippen LogP contribution in [-0.4, -0.2) is 26.5 Å². The van der Waals surface area contributed by atoms with E-state index in [1.165, 1.54) is 24.3 Å². The zero-order chi connectivity index (χ0) is 19.4. The van der Waals surface area contributed by atoms with Gasteiger partial charge in [-0.05, 0) is 69.3 Å². The topological polar surface area (TPSA) is 84.5 Å². The Balaban J connectivity index is 1.99. The molecule has 2 N–H and O–H groups in total. The number of hydrogen-bond donors (Lipinski definition) is 2. The standard InChI is InChI=1S/C18H21BrN2O4S/c1-18(2,3)20-17(22)12-25-15-8-10-16(11-9-15)26(23,24)21-14-6-4-13(19)5-7-14/h4-11,21H,12H2,1-3H3,(H,20,22). The van der Waals surface area contributed by atoms with Gasteiger partial charge in [-0.3, -0.25) is 9.52 Å². The van der Waals surface area contributed by atoms with Crippen LogP contribution in [0.4, 0.5) is 5.69 Å². The normalized spacial score (nSPS) is 11.7. The third-order valence-corrected chi connectivity index (χ3v) is 5.04. The molecule has 0 fully saturated rings. The average molecular weight is 441 g/mol. The first-order valence-corrected chi connectivity index (χ1v) is 10.1. The summed E-state index contributed by atoms with van der Waals surface area (Å²) in [5.74, 6) is 0.169. The summed E-state index contributed by atoms with van der Waals surface area (Å²) in [5, 5.41) is 2.78. The van der Waals surface area contributed by atoms with Crippen molar-refractivity contribution in [3.8, 4) is 5.75 Å². The highest BCUT2D eigenvalue weighted by molar-refractivity contribution is 9.10. The monoisotopic (exact) mass is 440 g/mol. The second-order valence-electron chi connectivity index (χ2n) is 6.67. The highest BCUT2D eigenvalue weighted by atomic mass is 79.9. The number of carbonyl (C=O) groups excluding carboxylic acids is 1. The summed E-state index contributed by atoms with van der Waals surface area (Å²) in [6.07, 6.45) is 0. The van der Waals surface area contributed by atoms with Crippen LogP contribution in [0.15, 0.2) is 57.9 Å². The fourth-order valence-corrected chi connectivity index (χ4v) is 3.37. The Morgan fingerprint density at radius 1 is 1.04 bits per heavy atom. The molecule has 0 radical (unpaired) electrons. The molecule has 0 saturated carbocycles. The first kappa shape index (κ1) is 20.3. The van der Waals surface area contributed by atoms with E-state index >= 15 is 0 Å². The quantitative estimate of drug-likeness (QED) is 0.718. The molecule has 0 spiro atoms. The Labute approximate surface area is 162 Å². The van der Waals surface area contributed by atoms with Crippen LogP contribution in [0, 0.1) is 0 Å². The minimum atomic E-state index is -3.70. The average Bonchev–Trinajstić information content (AvgIpc) is 2.54.